The lowest BCUT2D eigenvalue weighted by molar-refractivity contribution is -0.117. The zero-order valence-electron chi connectivity index (χ0n) is 13.7. The Morgan fingerprint density at radius 3 is 2.62 bits per heavy atom. The maximum absolute atomic E-state index is 12.6. The third-order valence-corrected chi connectivity index (χ3v) is 4.06. The van der Waals surface area contributed by atoms with Gasteiger partial charge in [0.25, 0.3) is 0 Å². The van der Waals surface area contributed by atoms with Gasteiger partial charge in [0, 0.05) is 18.7 Å². The van der Waals surface area contributed by atoms with Crippen molar-refractivity contribution in [1.29, 1.82) is 0 Å². The van der Waals surface area contributed by atoms with Crippen LogP contribution in [0.3, 0.4) is 0 Å². The fraction of sp³-hybridized carbons (Fsp3) is 0.278. The molecule has 5 nitrogen and oxygen atoms in total. The monoisotopic (exact) mass is 342 g/mol. The number of amides is 1. The summed E-state index contributed by atoms with van der Waals surface area (Å²) in [5, 5.41) is 0.388. The Kier molecular flexibility index (Phi) is 4.92. The molecule has 0 atom stereocenters. The number of rotatable bonds is 4. The van der Waals surface area contributed by atoms with E-state index in [2.05, 4.69) is 9.98 Å². The van der Waals surface area contributed by atoms with Gasteiger partial charge in [0.1, 0.15) is 17.4 Å². The number of pyridine rings is 1. The molecule has 1 aliphatic rings. The summed E-state index contributed by atoms with van der Waals surface area (Å²) in [5.41, 5.74) is 3.04. The number of benzene rings is 1. The third-order valence-electron chi connectivity index (χ3n) is 3.85. The summed E-state index contributed by atoms with van der Waals surface area (Å²) < 4.78 is 0. The smallest absolute Gasteiger partial charge is 0.248 e. The number of anilines is 1. The summed E-state index contributed by atoms with van der Waals surface area (Å²) in [5.74, 6) is -0.0341. The van der Waals surface area contributed by atoms with E-state index in [0.29, 0.717) is 23.1 Å². The molecule has 1 aliphatic heterocycles. The molecule has 6 heteroatoms. The van der Waals surface area contributed by atoms with Gasteiger partial charge < -0.3 is 9.80 Å². The van der Waals surface area contributed by atoms with E-state index in [0.717, 1.165) is 17.8 Å². The number of aliphatic imine (C=N–C) groups is 1. The van der Waals surface area contributed by atoms with Crippen LogP contribution in [0.1, 0.15) is 11.3 Å². The quantitative estimate of drug-likeness (QED) is 0.802. The van der Waals surface area contributed by atoms with Crippen LogP contribution in [0.4, 0.5) is 5.69 Å². The van der Waals surface area contributed by atoms with Crippen LogP contribution in [0.5, 0.6) is 0 Å². The second-order valence-corrected chi connectivity index (χ2v) is 6.27. The van der Waals surface area contributed by atoms with Crippen molar-refractivity contribution >= 4 is 28.9 Å². The Morgan fingerprint density at radius 1 is 1.17 bits per heavy atom. The van der Waals surface area contributed by atoms with Crippen LogP contribution in [-0.2, 0) is 4.79 Å². The standard InChI is InChI=1S/C18H19ClN4O/c1-22(2)10-11-23-14-8-9-15(19)21-18(14)17(20-12-16(23)24)13-6-4-3-5-7-13/h3-9H,10-12H2,1-2H3. The minimum atomic E-state index is -0.0341. The number of fused-ring (bicyclic) bond motifs is 1. The lowest BCUT2D eigenvalue weighted by Gasteiger charge is -2.24. The van der Waals surface area contributed by atoms with Crippen molar-refractivity contribution in [3.63, 3.8) is 0 Å². The maximum atomic E-state index is 12.6. The fourth-order valence-corrected chi connectivity index (χ4v) is 2.78. The number of hydrogen-bond acceptors (Lipinski definition) is 4. The molecular weight excluding hydrogens is 324 g/mol. The molecule has 2 aromatic rings. The summed E-state index contributed by atoms with van der Waals surface area (Å²) in [6.07, 6.45) is 0. The predicted molar refractivity (Wildman–Crippen MR) is 97.1 cm³/mol. The van der Waals surface area contributed by atoms with Crippen molar-refractivity contribution in [3.8, 4) is 0 Å². The predicted octanol–water partition coefficient (Wildman–Crippen LogP) is 2.48. The minimum absolute atomic E-state index is 0.0341. The Hall–Kier alpha value is -2.24. The number of halogens is 1. The number of hydrogen-bond donors (Lipinski definition) is 0. The van der Waals surface area contributed by atoms with Crippen LogP contribution >= 0.6 is 11.6 Å². The van der Waals surface area contributed by atoms with Crippen LogP contribution in [0.25, 0.3) is 0 Å². The second kappa shape index (κ2) is 7.11. The molecule has 0 bridgehead atoms. The Labute approximate surface area is 146 Å². The summed E-state index contributed by atoms with van der Waals surface area (Å²) in [6, 6.07) is 13.3. The first-order valence-corrected chi connectivity index (χ1v) is 8.16. The van der Waals surface area contributed by atoms with Gasteiger partial charge in [0.15, 0.2) is 0 Å². The molecule has 0 radical (unpaired) electrons. The van der Waals surface area contributed by atoms with Crippen molar-refractivity contribution in [3.05, 3.63) is 58.9 Å². The van der Waals surface area contributed by atoms with Gasteiger partial charge >= 0.3 is 0 Å². The largest absolute Gasteiger partial charge is 0.308 e. The van der Waals surface area contributed by atoms with Crippen molar-refractivity contribution in [2.24, 2.45) is 4.99 Å². The average molecular weight is 343 g/mol. The normalized spacial score (nSPS) is 14.4. The Balaban J connectivity index is 2.09. The molecule has 0 aliphatic carbocycles. The van der Waals surface area contributed by atoms with Crippen LogP contribution < -0.4 is 4.90 Å². The highest BCUT2D eigenvalue weighted by Gasteiger charge is 2.26. The number of nitrogens with zero attached hydrogens (tertiary/aromatic N) is 4. The van der Waals surface area contributed by atoms with E-state index in [9.17, 15) is 4.79 Å². The molecule has 2 heterocycles. The molecule has 1 aromatic heterocycles. The van der Waals surface area contributed by atoms with Crippen molar-refractivity contribution in [2.45, 2.75) is 0 Å². The Morgan fingerprint density at radius 2 is 1.92 bits per heavy atom. The minimum Gasteiger partial charge on any atom is -0.308 e. The molecule has 0 saturated carbocycles. The van der Waals surface area contributed by atoms with E-state index in [1.54, 1.807) is 11.0 Å². The van der Waals surface area contributed by atoms with Crippen LogP contribution in [0.15, 0.2) is 47.5 Å². The summed E-state index contributed by atoms with van der Waals surface area (Å²) in [6.45, 7) is 1.44. The van der Waals surface area contributed by atoms with Gasteiger partial charge in [-0.25, -0.2) is 4.98 Å². The van der Waals surface area contributed by atoms with Crippen molar-refractivity contribution in [1.82, 2.24) is 9.88 Å². The van der Waals surface area contributed by atoms with E-state index in [1.807, 2.05) is 55.4 Å². The SMILES string of the molecule is CN(C)CCN1C(=O)CN=C(c2ccccc2)c2nc(Cl)ccc21. The van der Waals surface area contributed by atoms with Gasteiger partial charge in [0.05, 0.1) is 11.4 Å². The maximum Gasteiger partial charge on any atom is 0.248 e. The molecular formula is C18H19ClN4O. The zero-order chi connectivity index (χ0) is 17.1. The molecule has 0 saturated heterocycles. The van der Waals surface area contributed by atoms with Gasteiger partial charge in [-0.2, -0.15) is 0 Å². The zero-order valence-corrected chi connectivity index (χ0v) is 14.5. The van der Waals surface area contributed by atoms with Crippen molar-refractivity contribution in [2.75, 3.05) is 38.6 Å². The first-order chi connectivity index (χ1) is 11.6. The van der Waals surface area contributed by atoms with E-state index >= 15 is 0 Å². The lowest BCUT2D eigenvalue weighted by atomic mass is 10.1. The molecule has 124 valence electrons. The van der Waals surface area contributed by atoms with Gasteiger partial charge in [-0.15, -0.1) is 0 Å². The van der Waals surface area contributed by atoms with E-state index in [-0.39, 0.29) is 12.5 Å². The summed E-state index contributed by atoms with van der Waals surface area (Å²) >= 11 is 6.12. The molecule has 0 unspecified atom stereocenters. The molecule has 0 spiro atoms. The number of carbonyl (C=O) groups is 1. The highest BCUT2D eigenvalue weighted by atomic mass is 35.5. The van der Waals surface area contributed by atoms with E-state index in [1.165, 1.54) is 0 Å². The topological polar surface area (TPSA) is 48.8 Å². The summed E-state index contributed by atoms with van der Waals surface area (Å²) in [4.78, 5) is 25.4. The number of likely N-dealkylation sites (N-methyl/N-ethyl adjacent to an activating group) is 1. The van der Waals surface area contributed by atoms with E-state index < -0.39 is 0 Å². The highest BCUT2D eigenvalue weighted by Crippen LogP contribution is 2.27. The van der Waals surface area contributed by atoms with Gasteiger partial charge in [-0.3, -0.25) is 9.79 Å². The first-order valence-electron chi connectivity index (χ1n) is 7.78. The van der Waals surface area contributed by atoms with Crippen LogP contribution in [0, 0.1) is 0 Å². The third kappa shape index (κ3) is 3.47. The molecule has 24 heavy (non-hydrogen) atoms. The van der Waals surface area contributed by atoms with E-state index in [4.69, 9.17) is 11.6 Å². The molecule has 0 N–H and O–H groups in total. The molecule has 1 aromatic carbocycles. The average Bonchev–Trinajstić information content (AvgIpc) is 2.70. The highest BCUT2D eigenvalue weighted by molar-refractivity contribution is 6.30. The second-order valence-electron chi connectivity index (χ2n) is 5.88. The fourth-order valence-electron chi connectivity index (χ4n) is 2.63. The summed E-state index contributed by atoms with van der Waals surface area (Å²) in [7, 11) is 3.96. The van der Waals surface area contributed by atoms with Crippen LogP contribution in [-0.4, -0.2) is 55.2 Å². The molecule has 3 rings (SSSR count). The lowest BCUT2D eigenvalue weighted by Crippen LogP contribution is -2.38. The first kappa shape index (κ1) is 16.6. The Bertz CT molecular complexity index is 774. The van der Waals surface area contributed by atoms with Gasteiger partial charge in [-0.05, 0) is 26.2 Å². The molecule has 1 amide bonds. The van der Waals surface area contributed by atoms with Gasteiger partial charge in [0.2, 0.25) is 5.91 Å². The number of aromatic nitrogens is 1. The van der Waals surface area contributed by atoms with Crippen LogP contribution in [0.2, 0.25) is 5.15 Å². The van der Waals surface area contributed by atoms with Gasteiger partial charge in [-0.1, -0.05) is 41.9 Å². The number of carbonyl (C=O) groups excluding carboxylic acids is 1. The van der Waals surface area contributed by atoms with Crippen molar-refractivity contribution < 1.29 is 4.79 Å². The molecule has 0 fully saturated rings.